The lowest BCUT2D eigenvalue weighted by atomic mass is 9.92. The van der Waals surface area contributed by atoms with Gasteiger partial charge in [-0.1, -0.05) is 23.7 Å². The summed E-state index contributed by atoms with van der Waals surface area (Å²) in [7, 11) is -3.23. The number of anilines is 1. The highest BCUT2D eigenvalue weighted by molar-refractivity contribution is 7.92. The molecule has 0 fully saturated rings. The minimum atomic E-state index is -4.79. The van der Waals surface area contributed by atoms with Crippen LogP contribution >= 0.6 is 11.6 Å². The summed E-state index contributed by atoms with van der Waals surface area (Å²) >= 11 is 6.20. The van der Waals surface area contributed by atoms with Crippen molar-refractivity contribution in [2.75, 3.05) is 24.6 Å². The first-order chi connectivity index (χ1) is 18.5. The largest absolute Gasteiger partial charge is 0.497 e. The second kappa shape index (κ2) is 10.3. The van der Waals surface area contributed by atoms with E-state index in [9.17, 15) is 36.3 Å². The van der Waals surface area contributed by atoms with Gasteiger partial charge in [-0.15, -0.1) is 0 Å². The van der Waals surface area contributed by atoms with Gasteiger partial charge in [0, 0.05) is 11.6 Å². The maximum absolute atomic E-state index is 13.8. The zero-order valence-electron chi connectivity index (χ0n) is 21.5. The quantitative estimate of drug-likeness (QED) is 0.372. The van der Waals surface area contributed by atoms with E-state index >= 15 is 0 Å². The minimum Gasteiger partial charge on any atom is -0.497 e. The third-order valence-corrected chi connectivity index (χ3v) is 8.40. The summed E-state index contributed by atoms with van der Waals surface area (Å²) in [5.41, 5.74) is -1.77. The molecule has 8 nitrogen and oxygen atoms in total. The molecule has 0 saturated carbocycles. The Labute approximate surface area is 233 Å². The summed E-state index contributed by atoms with van der Waals surface area (Å²) in [4.78, 5) is 25.6. The Morgan fingerprint density at radius 2 is 1.75 bits per heavy atom. The zero-order valence-corrected chi connectivity index (χ0v) is 23.1. The molecule has 0 saturated heterocycles. The number of carbonyl (C=O) groups excluding carboxylic acids is 1. The molecule has 4 rings (SSSR count). The smallest absolute Gasteiger partial charge is 0.416 e. The van der Waals surface area contributed by atoms with Crippen molar-refractivity contribution in [3.8, 4) is 16.9 Å². The van der Waals surface area contributed by atoms with Gasteiger partial charge in [0.25, 0.3) is 15.9 Å². The van der Waals surface area contributed by atoms with Crippen molar-refractivity contribution >= 4 is 39.2 Å². The number of hydrogen-bond acceptors (Lipinski definition) is 5. The summed E-state index contributed by atoms with van der Waals surface area (Å²) in [5, 5.41) is 9.93. The number of halogens is 4. The SMILES string of the molecule is COc1cc(Cl)cc(-c2ccc3c(c2)N(S(=O)(=O)c2cccc(C(F)(F)F)c2)CN(CC(C)(C)C(=O)O)C3=O)c1. The van der Waals surface area contributed by atoms with E-state index in [0.717, 1.165) is 27.4 Å². The number of ether oxygens (including phenoxy) is 1. The van der Waals surface area contributed by atoms with Crippen LogP contribution in [0.3, 0.4) is 0 Å². The van der Waals surface area contributed by atoms with Crippen LogP contribution in [0.2, 0.25) is 5.02 Å². The second-order valence-corrected chi connectivity index (χ2v) is 12.1. The van der Waals surface area contributed by atoms with Gasteiger partial charge in [0.1, 0.15) is 12.4 Å². The van der Waals surface area contributed by atoms with Crippen LogP contribution in [0, 0.1) is 5.41 Å². The molecule has 1 heterocycles. The second-order valence-electron chi connectivity index (χ2n) is 9.82. The summed E-state index contributed by atoms with van der Waals surface area (Å²) in [5.74, 6) is -1.43. The average Bonchev–Trinajstić information content (AvgIpc) is 2.88. The Kier molecular flexibility index (Phi) is 7.54. The molecule has 40 heavy (non-hydrogen) atoms. The maximum atomic E-state index is 13.8. The Balaban J connectivity index is 1.90. The van der Waals surface area contributed by atoms with Crippen LogP contribution in [0.25, 0.3) is 11.1 Å². The molecule has 0 aliphatic carbocycles. The highest BCUT2D eigenvalue weighted by Crippen LogP contribution is 2.39. The molecule has 0 atom stereocenters. The molecule has 0 bridgehead atoms. The molecule has 1 N–H and O–H groups in total. The van der Waals surface area contributed by atoms with Gasteiger partial charge < -0.3 is 14.7 Å². The molecular formula is C27H24ClF3N2O6S. The van der Waals surface area contributed by atoms with Crippen LogP contribution in [0.4, 0.5) is 18.9 Å². The van der Waals surface area contributed by atoms with Gasteiger partial charge in [-0.25, -0.2) is 12.7 Å². The van der Waals surface area contributed by atoms with Gasteiger partial charge >= 0.3 is 12.1 Å². The molecule has 212 valence electrons. The summed E-state index contributed by atoms with van der Waals surface area (Å²) in [6.45, 7) is 1.77. The number of benzene rings is 3. The van der Waals surface area contributed by atoms with Gasteiger partial charge in [0.2, 0.25) is 0 Å². The number of carbonyl (C=O) groups is 2. The number of alkyl halides is 3. The number of nitrogens with zero attached hydrogens (tertiary/aromatic N) is 2. The lowest BCUT2D eigenvalue weighted by Gasteiger charge is -2.39. The van der Waals surface area contributed by atoms with E-state index in [0.29, 0.717) is 28.0 Å². The first kappa shape index (κ1) is 29.2. The normalized spacial score (nSPS) is 14.2. The number of amides is 1. The van der Waals surface area contributed by atoms with Crippen LogP contribution in [-0.4, -0.2) is 50.6 Å². The van der Waals surface area contributed by atoms with E-state index in [4.69, 9.17) is 16.3 Å². The van der Waals surface area contributed by atoms with E-state index in [1.807, 2.05) is 0 Å². The van der Waals surface area contributed by atoms with Gasteiger partial charge in [0.15, 0.2) is 0 Å². The molecule has 0 aromatic heterocycles. The van der Waals surface area contributed by atoms with E-state index < -0.39 is 50.6 Å². The van der Waals surface area contributed by atoms with E-state index in [-0.39, 0.29) is 17.8 Å². The summed E-state index contributed by atoms with van der Waals surface area (Å²) in [6, 6.07) is 12.4. The van der Waals surface area contributed by atoms with Crippen molar-refractivity contribution in [3.63, 3.8) is 0 Å². The fourth-order valence-corrected chi connectivity index (χ4v) is 5.95. The highest BCUT2D eigenvalue weighted by atomic mass is 35.5. The van der Waals surface area contributed by atoms with E-state index in [1.165, 1.54) is 33.1 Å². The minimum absolute atomic E-state index is 0.0688. The van der Waals surface area contributed by atoms with Crippen LogP contribution in [0.15, 0.2) is 65.6 Å². The number of methoxy groups -OCH3 is 1. The first-order valence-corrected chi connectivity index (χ1v) is 13.6. The predicted octanol–water partition coefficient (Wildman–Crippen LogP) is 5.75. The third-order valence-electron chi connectivity index (χ3n) is 6.44. The van der Waals surface area contributed by atoms with Crippen LogP contribution in [0.5, 0.6) is 5.75 Å². The lowest BCUT2D eigenvalue weighted by molar-refractivity contribution is -0.147. The molecule has 1 aliphatic heterocycles. The molecule has 3 aromatic rings. The number of fused-ring (bicyclic) bond motifs is 1. The zero-order chi connectivity index (χ0) is 29.6. The number of hydrogen-bond donors (Lipinski definition) is 1. The van der Waals surface area contributed by atoms with Crippen molar-refractivity contribution in [1.29, 1.82) is 0 Å². The molecule has 0 spiro atoms. The fourth-order valence-electron chi connectivity index (χ4n) is 4.24. The van der Waals surface area contributed by atoms with Gasteiger partial charge in [-0.3, -0.25) is 9.59 Å². The van der Waals surface area contributed by atoms with Crippen LogP contribution in [-0.2, 0) is 21.0 Å². The predicted molar refractivity (Wildman–Crippen MR) is 142 cm³/mol. The molecule has 13 heteroatoms. The van der Waals surface area contributed by atoms with Gasteiger partial charge in [0.05, 0.1) is 34.2 Å². The molecule has 0 radical (unpaired) electrons. The van der Waals surface area contributed by atoms with Crippen molar-refractivity contribution in [1.82, 2.24) is 4.90 Å². The van der Waals surface area contributed by atoms with Gasteiger partial charge in [-0.05, 0) is 73.5 Å². The molecular weight excluding hydrogens is 573 g/mol. The Morgan fingerprint density at radius 1 is 1.05 bits per heavy atom. The maximum Gasteiger partial charge on any atom is 0.416 e. The molecule has 1 aliphatic rings. The van der Waals surface area contributed by atoms with Crippen LogP contribution in [0.1, 0.15) is 29.8 Å². The summed E-state index contributed by atoms with van der Waals surface area (Å²) in [6.07, 6.45) is -4.79. The summed E-state index contributed by atoms with van der Waals surface area (Å²) < 4.78 is 74.0. The van der Waals surface area contributed by atoms with E-state index in [2.05, 4.69) is 0 Å². The number of carboxylic acids is 1. The number of carboxylic acid groups (broad SMARTS) is 1. The highest BCUT2D eigenvalue weighted by Gasteiger charge is 2.41. The number of sulfonamides is 1. The Hall–Kier alpha value is -3.77. The molecule has 1 amide bonds. The van der Waals surface area contributed by atoms with Crippen LogP contribution < -0.4 is 9.04 Å². The van der Waals surface area contributed by atoms with Crippen molar-refractivity contribution in [2.24, 2.45) is 5.41 Å². The van der Waals surface area contributed by atoms with Crippen molar-refractivity contribution in [3.05, 3.63) is 76.8 Å². The van der Waals surface area contributed by atoms with Crippen molar-refractivity contribution < 1.29 is 41.0 Å². The topological polar surface area (TPSA) is 104 Å². The fraction of sp³-hybridized carbons (Fsp3) is 0.259. The standard InChI is InChI=1S/C27H24ClF3N2O6S/c1-26(2,25(35)36)14-32-15-33(40(37,38)21-6-4-5-18(12-21)27(29,30)31)23-11-16(7-8-22(23)24(32)34)17-9-19(28)13-20(10-17)39-3/h4-13H,14-15H2,1-3H3,(H,35,36). The lowest BCUT2D eigenvalue weighted by Crippen LogP contribution is -2.52. The Bertz CT molecular complexity index is 1610. The Morgan fingerprint density at radius 3 is 2.38 bits per heavy atom. The molecule has 3 aromatic carbocycles. The number of rotatable bonds is 7. The number of aliphatic carboxylic acids is 1. The molecule has 0 unspecified atom stereocenters. The van der Waals surface area contributed by atoms with E-state index in [1.54, 1.807) is 24.3 Å². The third kappa shape index (κ3) is 5.59. The van der Waals surface area contributed by atoms with Crippen molar-refractivity contribution in [2.45, 2.75) is 24.9 Å². The van der Waals surface area contributed by atoms with Gasteiger partial charge in [-0.2, -0.15) is 13.2 Å². The first-order valence-electron chi connectivity index (χ1n) is 11.8. The average molecular weight is 597 g/mol. The monoisotopic (exact) mass is 596 g/mol.